The molecule has 3 atom stereocenters. The van der Waals surface area contributed by atoms with E-state index in [1.54, 1.807) is 37.2 Å². The molecule has 3 heterocycles. The van der Waals surface area contributed by atoms with Gasteiger partial charge in [0.05, 0.1) is 18.2 Å². The Morgan fingerprint density at radius 1 is 1.08 bits per heavy atom. The number of aromatic nitrogens is 3. The first kappa shape index (κ1) is 25.9. The van der Waals surface area contributed by atoms with Crippen LogP contribution in [0.5, 0.6) is 0 Å². The zero-order valence-electron chi connectivity index (χ0n) is 21.8. The first-order valence-electron chi connectivity index (χ1n) is 12.3. The lowest BCUT2D eigenvalue weighted by atomic mass is 9.81. The molecule has 1 aromatic carbocycles. The van der Waals surface area contributed by atoms with E-state index >= 15 is 0 Å². The Labute approximate surface area is 216 Å². The fourth-order valence-electron chi connectivity index (χ4n) is 4.67. The van der Waals surface area contributed by atoms with Crippen LogP contribution in [0.4, 0.5) is 16.4 Å². The molecule has 0 bridgehead atoms. The Hall–Kier alpha value is -4.21. The summed E-state index contributed by atoms with van der Waals surface area (Å²) in [6.45, 7) is 1.96. The quantitative estimate of drug-likeness (QED) is 0.474. The van der Waals surface area contributed by atoms with Crippen molar-refractivity contribution in [2.24, 2.45) is 13.0 Å². The molecule has 1 aliphatic heterocycles. The lowest BCUT2D eigenvalue weighted by Gasteiger charge is -2.46. The van der Waals surface area contributed by atoms with Gasteiger partial charge in [0.1, 0.15) is 17.7 Å². The number of nitrogens with zero attached hydrogens (tertiary/aromatic N) is 6. The monoisotopic (exact) mass is 503 g/mol. The summed E-state index contributed by atoms with van der Waals surface area (Å²) in [6, 6.07) is 13.2. The number of rotatable bonds is 8. The van der Waals surface area contributed by atoms with Gasteiger partial charge in [0.25, 0.3) is 5.91 Å². The van der Waals surface area contributed by atoms with Gasteiger partial charge in [0.15, 0.2) is 0 Å². The fourth-order valence-corrected chi connectivity index (χ4v) is 4.67. The molecule has 4 amide bonds. The predicted octanol–water partition coefficient (Wildman–Crippen LogP) is 2.77. The Balaban J connectivity index is 1.61. The molecule has 1 aliphatic rings. The van der Waals surface area contributed by atoms with E-state index in [1.165, 1.54) is 4.90 Å². The van der Waals surface area contributed by atoms with Gasteiger partial charge in [0.2, 0.25) is 5.91 Å². The maximum Gasteiger partial charge on any atom is 0.325 e. The maximum absolute atomic E-state index is 13.7. The average molecular weight is 504 g/mol. The third-order valence-electron chi connectivity index (χ3n) is 6.79. The van der Waals surface area contributed by atoms with Gasteiger partial charge in [-0.05, 0) is 36.1 Å². The summed E-state index contributed by atoms with van der Waals surface area (Å²) in [5.41, 5.74) is 1.81. The SMILES string of the molecule is CC[C@@H](NC(=O)N1C(=O)[C@H](Cc2ccnc(N(C)C)c2)[C@H]1C(=O)N(C)c1ccnn1C)c1ccccc1. The second-order valence-corrected chi connectivity index (χ2v) is 9.41. The smallest absolute Gasteiger partial charge is 0.325 e. The lowest BCUT2D eigenvalue weighted by Crippen LogP contribution is -2.70. The molecule has 4 rings (SSSR count). The summed E-state index contributed by atoms with van der Waals surface area (Å²) in [7, 11) is 7.14. The number of nitrogens with one attached hydrogen (secondary N) is 1. The van der Waals surface area contributed by atoms with Crippen LogP contribution in [0.3, 0.4) is 0 Å². The van der Waals surface area contributed by atoms with E-state index in [0.29, 0.717) is 18.7 Å². The molecule has 194 valence electrons. The van der Waals surface area contributed by atoms with Crippen LogP contribution in [0.2, 0.25) is 0 Å². The summed E-state index contributed by atoms with van der Waals surface area (Å²) >= 11 is 0. The van der Waals surface area contributed by atoms with Crippen LogP contribution < -0.4 is 15.1 Å². The van der Waals surface area contributed by atoms with Crippen molar-refractivity contribution in [2.75, 3.05) is 30.9 Å². The summed E-state index contributed by atoms with van der Waals surface area (Å²) in [5, 5.41) is 7.10. The van der Waals surface area contributed by atoms with Gasteiger partial charge in [-0.25, -0.2) is 9.78 Å². The molecule has 3 aromatic rings. The predicted molar refractivity (Wildman–Crippen MR) is 141 cm³/mol. The van der Waals surface area contributed by atoms with E-state index in [0.717, 1.165) is 21.8 Å². The van der Waals surface area contributed by atoms with Crippen LogP contribution in [-0.4, -0.2) is 64.7 Å². The third kappa shape index (κ3) is 5.18. The molecule has 1 saturated heterocycles. The van der Waals surface area contributed by atoms with Crippen molar-refractivity contribution in [1.82, 2.24) is 25.0 Å². The van der Waals surface area contributed by atoms with Crippen molar-refractivity contribution in [3.05, 3.63) is 72.1 Å². The number of amides is 4. The highest BCUT2D eigenvalue weighted by atomic mass is 16.2. The van der Waals surface area contributed by atoms with Gasteiger partial charge in [-0.15, -0.1) is 0 Å². The normalized spacial score (nSPS) is 17.6. The standard InChI is InChI=1S/C27H33N7O3/c1-6-21(19-10-8-7-9-11-19)30-27(37)34-24(26(36)32(4)23-13-15-29-33(23)5)20(25(34)35)16-18-12-14-28-22(17-18)31(2)3/h7-15,17,20-21,24H,6,16H2,1-5H3,(H,30,37)/t20-,21-,24+/m1/s1. The highest BCUT2D eigenvalue weighted by Gasteiger charge is 2.55. The van der Waals surface area contributed by atoms with E-state index in [2.05, 4.69) is 15.4 Å². The molecule has 10 heteroatoms. The van der Waals surface area contributed by atoms with Crippen molar-refractivity contribution in [1.29, 1.82) is 0 Å². The molecule has 0 aliphatic carbocycles. The average Bonchev–Trinajstić information content (AvgIpc) is 3.34. The highest BCUT2D eigenvalue weighted by Crippen LogP contribution is 2.33. The number of imide groups is 1. The van der Waals surface area contributed by atoms with Crippen molar-refractivity contribution in [3.8, 4) is 0 Å². The van der Waals surface area contributed by atoms with Crippen LogP contribution in [0.1, 0.15) is 30.5 Å². The molecule has 1 N–H and O–H groups in total. The number of hydrogen-bond donors (Lipinski definition) is 1. The van der Waals surface area contributed by atoms with E-state index < -0.39 is 18.0 Å². The number of carbonyl (C=O) groups is 3. The number of likely N-dealkylation sites (N-methyl/N-ethyl adjacent to an activating group) is 1. The molecule has 0 unspecified atom stereocenters. The lowest BCUT2D eigenvalue weighted by molar-refractivity contribution is -0.156. The molecule has 2 aromatic heterocycles. The maximum atomic E-state index is 13.7. The zero-order valence-corrected chi connectivity index (χ0v) is 21.8. The summed E-state index contributed by atoms with van der Waals surface area (Å²) < 4.78 is 1.58. The molecular formula is C27H33N7O3. The summed E-state index contributed by atoms with van der Waals surface area (Å²) in [6.07, 6.45) is 4.23. The minimum Gasteiger partial charge on any atom is -0.363 e. The topological polar surface area (TPSA) is 104 Å². The molecule has 37 heavy (non-hydrogen) atoms. The Morgan fingerprint density at radius 3 is 2.43 bits per heavy atom. The number of pyridine rings is 1. The largest absolute Gasteiger partial charge is 0.363 e. The van der Waals surface area contributed by atoms with E-state index in [4.69, 9.17) is 0 Å². The first-order chi connectivity index (χ1) is 17.7. The summed E-state index contributed by atoms with van der Waals surface area (Å²) in [5.74, 6) is -0.0816. The number of urea groups is 1. The van der Waals surface area contributed by atoms with Crippen LogP contribution in [0.25, 0.3) is 0 Å². The second kappa shape index (κ2) is 10.8. The zero-order chi connectivity index (χ0) is 26.7. The number of anilines is 2. The van der Waals surface area contributed by atoms with Crippen molar-refractivity contribution >= 4 is 29.5 Å². The number of hydrogen-bond acceptors (Lipinski definition) is 6. The number of carbonyl (C=O) groups excluding carboxylic acids is 3. The van der Waals surface area contributed by atoms with E-state index in [-0.39, 0.29) is 17.9 Å². The van der Waals surface area contributed by atoms with Gasteiger partial charge in [-0.2, -0.15) is 5.10 Å². The van der Waals surface area contributed by atoms with E-state index in [1.807, 2.05) is 68.4 Å². The number of benzene rings is 1. The Kier molecular flexibility index (Phi) is 7.56. The number of likely N-dealkylation sites (tertiary alicyclic amines) is 1. The van der Waals surface area contributed by atoms with Gasteiger partial charge in [-0.1, -0.05) is 37.3 Å². The Bertz CT molecular complexity index is 1270. The minimum atomic E-state index is -0.948. The van der Waals surface area contributed by atoms with E-state index in [9.17, 15) is 14.4 Å². The molecule has 0 spiro atoms. The first-order valence-corrected chi connectivity index (χ1v) is 12.3. The van der Waals surface area contributed by atoms with Crippen LogP contribution in [0, 0.1) is 5.92 Å². The molecule has 1 fully saturated rings. The van der Waals surface area contributed by atoms with Gasteiger partial charge < -0.3 is 10.2 Å². The molecule has 0 radical (unpaired) electrons. The van der Waals surface area contributed by atoms with Crippen molar-refractivity contribution < 1.29 is 14.4 Å². The summed E-state index contributed by atoms with van der Waals surface area (Å²) in [4.78, 5) is 49.2. The molecular weight excluding hydrogens is 470 g/mol. The second-order valence-electron chi connectivity index (χ2n) is 9.41. The van der Waals surface area contributed by atoms with Gasteiger partial charge in [0, 0.05) is 40.5 Å². The minimum absolute atomic E-state index is 0.283. The fraction of sp³-hybridized carbons (Fsp3) is 0.370. The number of β-lactam (4-membered cyclic amide) rings is 1. The van der Waals surface area contributed by atoms with Crippen LogP contribution in [-0.2, 0) is 23.1 Å². The van der Waals surface area contributed by atoms with Gasteiger partial charge in [-0.3, -0.25) is 24.1 Å². The number of aryl methyl sites for hydroxylation is 1. The van der Waals surface area contributed by atoms with Crippen molar-refractivity contribution in [2.45, 2.75) is 31.8 Å². The Morgan fingerprint density at radius 2 is 1.81 bits per heavy atom. The molecule has 10 nitrogen and oxygen atoms in total. The third-order valence-corrected chi connectivity index (χ3v) is 6.79. The molecule has 0 saturated carbocycles. The van der Waals surface area contributed by atoms with Crippen LogP contribution in [0.15, 0.2) is 60.9 Å². The van der Waals surface area contributed by atoms with Gasteiger partial charge >= 0.3 is 6.03 Å². The highest BCUT2D eigenvalue weighted by molar-refractivity contribution is 6.12. The van der Waals surface area contributed by atoms with Crippen LogP contribution >= 0.6 is 0 Å². The van der Waals surface area contributed by atoms with Crippen molar-refractivity contribution in [3.63, 3.8) is 0 Å².